The Kier molecular flexibility index (Phi) is 7.46. The smallest absolute Gasteiger partial charge is 0.248 e. The lowest BCUT2D eigenvalue weighted by atomic mass is 10.2. The Morgan fingerprint density at radius 2 is 1.74 bits per heavy atom. The molecule has 1 aromatic heterocycles. The van der Waals surface area contributed by atoms with Crippen molar-refractivity contribution in [3.05, 3.63) is 69.5 Å². The second-order valence-electron chi connectivity index (χ2n) is 7.01. The van der Waals surface area contributed by atoms with Gasteiger partial charge in [-0.05, 0) is 43.3 Å². The third-order valence-corrected chi connectivity index (χ3v) is 5.26. The van der Waals surface area contributed by atoms with Gasteiger partial charge in [-0.2, -0.15) is 0 Å². The van der Waals surface area contributed by atoms with Gasteiger partial charge in [0.05, 0.1) is 0 Å². The highest BCUT2D eigenvalue weighted by molar-refractivity contribution is 6.31. The molecule has 4 rings (SSSR count). The molecule has 1 saturated heterocycles. The molecule has 6 nitrogen and oxygen atoms in total. The Morgan fingerprint density at radius 1 is 1.06 bits per heavy atom. The van der Waals surface area contributed by atoms with Crippen LogP contribution in [0, 0.1) is 11.6 Å². The molecule has 0 saturated carbocycles. The monoisotopic (exact) mass is 448 g/mol. The molecule has 2 heterocycles. The predicted molar refractivity (Wildman–Crippen MR) is 120 cm³/mol. The van der Waals surface area contributed by atoms with Gasteiger partial charge >= 0.3 is 0 Å². The zero-order valence-electron chi connectivity index (χ0n) is 17.0. The summed E-state index contributed by atoms with van der Waals surface area (Å²) >= 11 is 5.41. The fraction of sp³-hybridized carbons (Fsp3) is 0.273. The van der Waals surface area contributed by atoms with Crippen molar-refractivity contribution < 1.29 is 13.6 Å². The fourth-order valence-electron chi connectivity index (χ4n) is 3.28. The van der Waals surface area contributed by atoms with Crippen LogP contribution in [0.1, 0.15) is 6.92 Å². The SMILES string of the molecule is CCNc1ccc2[nH]c(=O)ccc2c1.O=CN1CCN(c2cc(F)c(Cl)c(F)c2)CC1. The lowest BCUT2D eigenvalue weighted by Crippen LogP contribution is -2.45. The molecule has 1 fully saturated rings. The molecule has 2 N–H and O–H groups in total. The van der Waals surface area contributed by atoms with Gasteiger partial charge in [-0.3, -0.25) is 9.59 Å². The van der Waals surface area contributed by atoms with Gasteiger partial charge in [0.2, 0.25) is 12.0 Å². The maximum absolute atomic E-state index is 13.3. The number of fused-ring (bicyclic) bond motifs is 1. The summed E-state index contributed by atoms with van der Waals surface area (Å²) < 4.78 is 26.5. The molecule has 9 heteroatoms. The summed E-state index contributed by atoms with van der Waals surface area (Å²) in [5.41, 5.74) is 2.34. The van der Waals surface area contributed by atoms with Gasteiger partial charge in [-0.25, -0.2) is 8.78 Å². The number of carbonyl (C=O) groups excluding carboxylic acids is 1. The minimum absolute atomic E-state index is 0.0614. The Morgan fingerprint density at radius 3 is 2.35 bits per heavy atom. The molecule has 0 bridgehead atoms. The number of anilines is 2. The van der Waals surface area contributed by atoms with Gasteiger partial charge in [0.1, 0.15) is 16.7 Å². The average Bonchev–Trinajstić information content (AvgIpc) is 2.78. The van der Waals surface area contributed by atoms with E-state index >= 15 is 0 Å². The topological polar surface area (TPSA) is 68.4 Å². The standard InChI is InChI=1S/C11H11ClF2N2O.C11H12N2O/c12-11-9(13)5-8(6-10(11)14)16-3-1-15(7-17)2-4-16;1-2-12-9-4-5-10-8(7-9)3-6-11(14)13-10/h5-7H,1-4H2;3-7,12H,2H2,1H3,(H,13,14). The number of piperazine rings is 1. The molecular weight excluding hydrogens is 426 g/mol. The van der Waals surface area contributed by atoms with Crippen LogP contribution in [0.25, 0.3) is 10.9 Å². The minimum Gasteiger partial charge on any atom is -0.385 e. The quantitative estimate of drug-likeness (QED) is 0.470. The zero-order chi connectivity index (χ0) is 22.4. The highest BCUT2D eigenvalue weighted by Gasteiger charge is 2.18. The van der Waals surface area contributed by atoms with Crippen LogP contribution in [0.2, 0.25) is 5.02 Å². The van der Waals surface area contributed by atoms with Crippen molar-refractivity contribution in [1.82, 2.24) is 9.88 Å². The Labute approximate surface area is 183 Å². The van der Waals surface area contributed by atoms with E-state index in [0.717, 1.165) is 29.5 Å². The molecule has 0 spiro atoms. The van der Waals surface area contributed by atoms with Crippen LogP contribution in [0.15, 0.2) is 47.3 Å². The van der Waals surface area contributed by atoms with Crippen LogP contribution < -0.4 is 15.8 Å². The highest BCUT2D eigenvalue weighted by Crippen LogP contribution is 2.26. The van der Waals surface area contributed by atoms with Crippen LogP contribution in [0.5, 0.6) is 0 Å². The van der Waals surface area contributed by atoms with Crippen molar-refractivity contribution in [3.8, 4) is 0 Å². The molecular formula is C22H23ClF2N4O2. The Hall–Kier alpha value is -3.13. The molecule has 0 aliphatic carbocycles. The van der Waals surface area contributed by atoms with Crippen LogP contribution in [-0.2, 0) is 4.79 Å². The van der Waals surface area contributed by atoms with Crippen LogP contribution >= 0.6 is 11.6 Å². The Balaban J connectivity index is 0.000000179. The second kappa shape index (κ2) is 10.3. The van der Waals surface area contributed by atoms with E-state index in [2.05, 4.69) is 17.2 Å². The molecule has 1 aliphatic rings. The van der Waals surface area contributed by atoms with Crippen molar-refractivity contribution in [2.24, 2.45) is 0 Å². The van der Waals surface area contributed by atoms with Gasteiger partial charge in [-0.15, -0.1) is 0 Å². The molecule has 0 atom stereocenters. The molecule has 2 aromatic carbocycles. The van der Waals surface area contributed by atoms with E-state index in [-0.39, 0.29) is 5.56 Å². The van der Waals surface area contributed by atoms with E-state index < -0.39 is 16.7 Å². The lowest BCUT2D eigenvalue weighted by molar-refractivity contribution is -0.118. The molecule has 1 aliphatic heterocycles. The van der Waals surface area contributed by atoms with Crippen LogP contribution in [0.3, 0.4) is 0 Å². The first-order chi connectivity index (χ1) is 14.9. The fourth-order valence-corrected chi connectivity index (χ4v) is 3.39. The first-order valence-corrected chi connectivity index (χ1v) is 10.2. The van der Waals surface area contributed by atoms with E-state index in [1.54, 1.807) is 4.90 Å². The summed E-state index contributed by atoms with van der Waals surface area (Å²) in [6, 6.07) is 11.7. The number of pyridine rings is 1. The number of hydrogen-bond donors (Lipinski definition) is 2. The molecule has 0 unspecified atom stereocenters. The van der Waals surface area contributed by atoms with Crippen molar-refractivity contribution in [3.63, 3.8) is 0 Å². The first-order valence-electron chi connectivity index (χ1n) is 9.87. The zero-order valence-corrected chi connectivity index (χ0v) is 17.8. The average molecular weight is 449 g/mol. The number of H-pyrrole nitrogens is 1. The number of aromatic nitrogens is 1. The Bertz CT molecular complexity index is 1090. The summed E-state index contributed by atoms with van der Waals surface area (Å²) in [7, 11) is 0. The third-order valence-electron chi connectivity index (χ3n) is 4.90. The number of hydrogen-bond acceptors (Lipinski definition) is 4. The van der Waals surface area contributed by atoms with E-state index in [1.165, 1.54) is 18.2 Å². The van der Waals surface area contributed by atoms with E-state index in [4.69, 9.17) is 11.6 Å². The number of nitrogens with zero attached hydrogens (tertiary/aromatic N) is 2. The van der Waals surface area contributed by atoms with E-state index in [1.807, 2.05) is 29.2 Å². The van der Waals surface area contributed by atoms with Crippen LogP contribution in [-0.4, -0.2) is 49.0 Å². The summed E-state index contributed by atoms with van der Waals surface area (Å²) in [5, 5.41) is 3.78. The van der Waals surface area contributed by atoms with Crippen molar-refractivity contribution in [2.75, 3.05) is 42.9 Å². The molecule has 31 heavy (non-hydrogen) atoms. The summed E-state index contributed by atoms with van der Waals surface area (Å²) in [6.45, 7) is 5.16. The third kappa shape index (κ3) is 5.73. The maximum Gasteiger partial charge on any atom is 0.248 e. The van der Waals surface area contributed by atoms with Gasteiger partial charge in [-0.1, -0.05) is 11.6 Å². The number of carbonyl (C=O) groups is 1. The lowest BCUT2D eigenvalue weighted by Gasteiger charge is -2.34. The van der Waals surface area contributed by atoms with Crippen LogP contribution in [0.4, 0.5) is 20.2 Å². The van der Waals surface area contributed by atoms with Gasteiger partial charge < -0.3 is 20.1 Å². The number of rotatable bonds is 4. The second-order valence-corrected chi connectivity index (χ2v) is 7.38. The number of benzene rings is 2. The normalized spacial score (nSPS) is 13.5. The van der Waals surface area contributed by atoms with Crippen molar-refractivity contribution >= 4 is 40.3 Å². The number of halogens is 3. The molecule has 3 aromatic rings. The highest BCUT2D eigenvalue weighted by atomic mass is 35.5. The minimum atomic E-state index is -0.764. The summed E-state index contributed by atoms with van der Waals surface area (Å²) in [6.07, 6.45) is 0.778. The number of nitrogens with one attached hydrogen (secondary N) is 2. The molecule has 164 valence electrons. The largest absolute Gasteiger partial charge is 0.385 e. The van der Waals surface area contributed by atoms with Gasteiger partial charge in [0, 0.05) is 61.1 Å². The summed E-state index contributed by atoms with van der Waals surface area (Å²) in [5.74, 6) is -1.53. The van der Waals surface area contributed by atoms with E-state index in [0.29, 0.717) is 31.9 Å². The van der Waals surface area contributed by atoms with Gasteiger partial charge in [0.15, 0.2) is 0 Å². The maximum atomic E-state index is 13.3. The van der Waals surface area contributed by atoms with Crippen molar-refractivity contribution in [2.45, 2.75) is 6.92 Å². The van der Waals surface area contributed by atoms with Gasteiger partial charge in [0.25, 0.3) is 0 Å². The predicted octanol–water partition coefficient (Wildman–Crippen LogP) is 3.86. The number of amides is 1. The van der Waals surface area contributed by atoms with E-state index in [9.17, 15) is 18.4 Å². The van der Waals surface area contributed by atoms with Crippen molar-refractivity contribution in [1.29, 1.82) is 0 Å². The first kappa shape index (κ1) is 22.6. The summed E-state index contributed by atoms with van der Waals surface area (Å²) in [4.78, 5) is 27.8. The molecule has 0 radical (unpaired) electrons. The molecule has 1 amide bonds. The number of aromatic amines is 1.